The highest BCUT2D eigenvalue weighted by Crippen LogP contribution is 2.32. The Morgan fingerprint density at radius 2 is 1.93 bits per heavy atom. The molecule has 0 unspecified atom stereocenters. The molecule has 1 heterocycles. The highest BCUT2D eigenvalue weighted by Gasteiger charge is 2.31. The first-order valence-corrected chi connectivity index (χ1v) is 10.3. The maximum Gasteiger partial charge on any atom is 0.337 e. The predicted octanol–water partition coefficient (Wildman–Crippen LogP) is 2.56. The number of esters is 2. The molecule has 1 aliphatic rings. The van der Waals surface area contributed by atoms with Gasteiger partial charge in [0.1, 0.15) is 10.9 Å². The Balaban J connectivity index is 1.88. The van der Waals surface area contributed by atoms with Crippen molar-refractivity contribution in [2.24, 2.45) is 0 Å². The van der Waals surface area contributed by atoms with Crippen LogP contribution in [0.1, 0.15) is 28.8 Å². The SMILES string of the molecule is COC(=O)c1ccc(/C=C2\SC(=S)N(CCCC(=O)OCCN(C)C)C2=O)cc1. The second-order valence-electron chi connectivity index (χ2n) is 6.57. The molecule has 2 rings (SSSR count). The van der Waals surface area contributed by atoms with Gasteiger partial charge in [-0.15, -0.1) is 0 Å². The lowest BCUT2D eigenvalue weighted by molar-refractivity contribution is -0.144. The summed E-state index contributed by atoms with van der Waals surface area (Å²) in [4.78, 5) is 39.8. The second kappa shape index (κ2) is 11.1. The molecule has 7 nitrogen and oxygen atoms in total. The zero-order valence-corrected chi connectivity index (χ0v) is 18.3. The average molecular weight is 437 g/mol. The lowest BCUT2D eigenvalue weighted by Crippen LogP contribution is -2.29. The summed E-state index contributed by atoms with van der Waals surface area (Å²) in [5.74, 6) is -0.875. The Labute approximate surface area is 180 Å². The van der Waals surface area contributed by atoms with Crippen LogP contribution >= 0.6 is 24.0 Å². The molecule has 0 radical (unpaired) electrons. The van der Waals surface area contributed by atoms with Crippen LogP contribution < -0.4 is 0 Å². The number of thioether (sulfide) groups is 1. The monoisotopic (exact) mass is 436 g/mol. The average Bonchev–Trinajstić information content (AvgIpc) is 2.95. The Morgan fingerprint density at radius 3 is 2.55 bits per heavy atom. The number of thiocarbonyl (C=S) groups is 1. The number of carbonyl (C=O) groups excluding carboxylic acids is 3. The van der Waals surface area contributed by atoms with Gasteiger partial charge in [0.15, 0.2) is 0 Å². The highest BCUT2D eigenvalue weighted by molar-refractivity contribution is 8.26. The van der Waals surface area contributed by atoms with Crippen LogP contribution in [0.5, 0.6) is 0 Å². The van der Waals surface area contributed by atoms with E-state index in [4.69, 9.17) is 17.0 Å². The molecule has 0 aromatic heterocycles. The summed E-state index contributed by atoms with van der Waals surface area (Å²) < 4.78 is 10.3. The fourth-order valence-electron chi connectivity index (χ4n) is 2.47. The Bertz CT molecular complexity index is 806. The molecule has 0 spiro atoms. The largest absolute Gasteiger partial charge is 0.465 e. The smallest absolute Gasteiger partial charge is 0.337 e. The molecule has 0 saturated carbocycles. The quantitative estimate of drug-likeness (QED) is 0.332. The van der Waals surface area contributed by atoms with E-state index in [0.29, 0.717) is 40.9 Å². The summed E-state index contributed by atoms with van der Waals surface area (Å²) in [5, 5.41) is 0. The van der Waals surface area contributed by atoms with Crippen LogP contribution in [0.2, 0.25) is 0 Å². The number of benzene rings is 1. The van der Waals surface area contributed by atoms with E-state index in [1.54, 1.807) is 30.3 Å². The fourth-order valence-corrected chi connectivity index (χ4v) is 3.78. The Kier molecular flexibility index (Phi) is 8.81. The van der Waals surface area contributed by atoms with Crippen molar-refractivity contribution in [1.29, 1.82) is 0 Å². The topological polar surface area (TPSA) is 76.2 Å². The third kappa shape index (κ3) is 6.95. The summed E-state index contributed by atoms with van der Waals surface area (Å²) in [6.07, 6.45) is 2.45. The van der Waals surface area contributed by atoms with Crippen LogP contribution in [0, 0.1) is 0 Å². The van der Waals surface area contributed by atoms with Gasteiger partial charge in [0.05, 0.1) is 17.6 Å². The van der Waals surface area contributed by atoms with Crippen molar-refractivity contribution in [3.8, 4) is 0 Å². The second-order valence-corrected chi connectivity index (χ2v) is 8.25. The molecule has 156 valence electrons. The van der Waals surface area contributed by atoms with E-state index in [-0.39, 0.29) is 18.3 Å². The summed E-state index contributed by atoms with van der Waals surface area (Å²) >= 11 is 6.53. The van der Waals surface area contributed by atoms with E-state index in [1.807, 2.05) is 19.0 Å². The first kappa shape index (κ1) is 23.1. The van der Waals surface area contributed by atoms with Crippen molar-refractivity contribution in [3.05, 3.63) is 40.3 Å². The number of methoxy groups -OCH3 is 1. The van der Waals surface area contributed by atoms with Gasteiger partial charge in [0, 0.05) is 19.5 Å². The summed E-state index contributed by atoms with van der Waals surface area (Å²) in [6.45, 7) is 1.39. The van der Waals surface area contributed by atoms with Crippen molar-refractivity contribution in [2.45, 2.75) is 12.8 Å². The maximum atomic E-state index is 12.6. The van der Waals surface area contributed by atoms with Crippen LogP contribution in [-0.2, 0) is 19.1 Å². The highest BCUT2D eigenvalue weighted by atomic mass is 32.2. The molecule has 1 aromatic rings. The summed E-state index contributed by atoms with van der Waals surface area (Å²) in [6, 6.07) is 6.76. The van der Waals surface area contributed by atoms with Gasteiger partial charge in [0.25, 0.3) is 5.91 Å². The standard InChI is InChI=1S/C20H24N2O5S2/c1-21(2)11-12-27-17(23)5-4-10-22-18(24)16(29-20(22)28)13-14-6-8-15(9-7-14)19(25)26-3/h6-9,13H,4-5,10-12H2,1-3H3/b16-13-. The molecule has 1 aliphatic heterocycles. The lowest BCUT2D eigenvalue weighted by Gasteiger charge is -2.14. The third-order valence-electron chi connectivity index (χ3n) is 4.07. The molecular formula is C20H24N2O5S2. The number of carbonyl (C=O) groups is 3. The van der Waals surface area contributed by atoms with Gasteiger partial charge in [-0.1, -0.05) is 36.1 Å². The maximum absolute atomic E-state index is 12.6. The van der Waals surface area contributed by atoms with Crippen molar-refractivity contribution >= 4 is 52.2 Å². The van der Waals surface area contributed by atoms with Gasteiger partial charge in [0.2, 0.25) is 0 Å². The first-order chi connectivity index (χ1) is 13.8. The van der Waals surface area contributed by atoms with E-state index >= 15 is 0 Å². The van der Waals surface area contributed by atoms with Crippen LogP contribution in [0.4, 0.5) is 0 Å². The van der Waals surface area contributed by atoms with Crippen LogP contribution in [-0.4, -0.2) is 72.9 Å². The van der Waals surface area contributed by atoms with E-state index in [9.17, 15) is 14.4 Å². The molecule has 0 bridgehead atoms. The number of hydrogen-bond acceptors (Lipinski definition) is 8. The van der Waals surface area contributed by atoms with Crippen LogP contribution in [0.25, 0.3) is 6.08 Å². The third-order valence-corrected chi connectivity index (χ3v) is 5.45. The molecule has 9 heteroatoms. The van der Waals surface area contributed by atoms with Crippen LogP contribution in [0.15, 0.2) is 29.2 Å². The van der Waals surface area contributed by atoms with Crippen molar-refractivity contribution < 1.29 is 23.9 Å². The predicted molar refractivity (Wildman–Crippen MR) is 116 cm³/mol. The summed E-state index contributed by atoms with van der Waals surface area (Å²) in [5.41, 5.74) is 1.22. The summed E-state index contributed by atoms with van der Waals surface area (Å²) in [7, 11) is 5.14. The number of rotatable bonds is 9. The number of nitrogens with zero attached hydrogens (tertiary/aromatic N) is 2. The van der Waals surface area contributed by atoms with Gasteiger partial charge >= 0.3 is 11.9 Å². The minimum atomic E-state index is -0.414. The van der Waals surface area contributed by atoms with E-state index in [2.05, 4.69) is 4.74 Å². The van der Waals surface area contributed by atoms with Crippen molar-refractivity contribution in [3.63, 3.8) is 0 Å². The molecule has 1 aromatic carbocycles. The minimum Gasteiger partial charge on any atom is -0.465 e. The minimum absolute atomic E-state index is 0.182. The zero-order chi connectivity index (χ0) is 21.4. The van der Waals surface area contributed by atoms with Gasteiger partial charge in [-0.2, -0.15) is 0 Å². The fraction of sp³-hybridized carbons (Fsp3) is 0.400. The first-order valence-electron chi connectivity index (χ1n) is 9.06. The van der Waals surface area contributed by atoms with Gasteiger partial charge in [-0.3, -0.25) is 14.5 Å². The van der Waals surface area contributed by atoms with E-state index < -0.39 is 5.97 Å². The molecule has 1 fully saturated rings. The van der Waals surface area contributed by atoms with Crippen molar-refractivity contribution in [2.75, 3.05) is 40.9 Å². The molecule has 1 saturated heterocycles. The molecule has 0 atom stereocenters. The zero-order valence-electron chi connectivity index (χ0n) is 16.7. The number of amides is 1. The molecular weight excluding hydrogens is 412 g/mol. The van der Waals surface area contributed by atoms with E-state index in [1.165, 1.54) is 23.8 Å². The lowest BCUT2D eigenvalue weighted by atomic mass is 10.1. The molecule has 29 heavy (non-hydrogen) atoms. The van der Waals surface area contributed by atoms with Gasteiger partial charge in [-0.05, 0) is 44.3 Å². The van der Waals surface area contributed by atoms with Crippen molar-refractivity contribution in [1.82, 2.24) is 9.80 Å². The molecule has 0 N–H and O–H groups in total. The number of ether oxygens (including phenoxy) is 2. The normalized spacial score (nSPS) is 15.3. The number of hydrogen-bond donors (Lipinski definition) is 0. The Morgan fingerprint density at radius 1 is 1.24 bits per heavy atom. The Hall–Kier alpha value is -2.23. The van der Waals surface area contributed by atoms with Crippen LogP contribution in [0.3, 0.4) is 0 Å². The molecule has 0 aliphatic carbocycles. The molecule has 1 amide bonds. The van der Waals surface area contributed by atoms with Gasteiger partial charge in [-0.25, -0.2) is 4.79 Å². The van der Waals surface area contributed by atoms with E-state index in [0.717, 1.165) is 5.56 Å². The number of likely N-dealkylation sites (N-methyl/N-ethyl adjacent to an activating group) is 1. The van der Waals surface area contributed by atoms with Gasteiger partial charge < -0.3 is 14.4 Å².